The zero-order valence-corrected chi connectivity index (χ0v) is 12.1. The number of hydrogen-bond acceptors (Lipinski definition) is 3. The molecule has 0 radical (unpaired) electrons. The number of anilines is 1. The number of nitrogens with zero attached hydrogens (tertiary/aromatic N) is 3. The standard InChI is InChI=1S/C17H20N4/c1-2-7-11-15-14(10-6-1)16(13-8-4-3-5-9-13)21-17(20-15)18-12-19-21/h3-5,8-9,12,16H,1-2,6-7,10-11H2,(H,18,19,20). The number of fused-ring (bicyclic) bond motifs is 1. The molecular formula is C17H20N4. The highest BCUT2D eigenvalue weighted by atomic mass is 15.4. The van der Waals surface area contributed by atoms with Crippen LogP contribution in [0.2, 0.25) is 0 Å². The lowest BCUT2D eigenvalue weighted by atomic mass is 9.88. The van der Waals surface area contributed by atoms with Crippen LogP contribution in [0.25, 0.3) is 0 Å². The van der Waals surface area contributed by atoms with E-state index in [4.69, 9.17) is 0 Å². The van der Waals surface area contributed by atoms with Crippen LogP contribution in [0.4, 0.5) is 5.95 Å². The summed E-state index contributed by atoms with van der Waals surface area (Å²) in [5.41, 5.74) is 4.18. The average molecular weight is 280 g/mol. The molecule has 1 atom stereocenters. The molecule has 0 saturated heterocycles. The Morgan fingerprint density at radius 2 is 1.81 bits per heavy atom. The molecule has 4 rings (SSSR count). The number of nitrogens with one attached hydrogen (secondary N) is 1. The van der Waals surface area contributed by atoms with E-state index in [1.807, 2.05) is 4.68 Å². The van der Waals surface area contributed by atoms with Gasteiger partial charge in [0.05, 0.1) is 0 Å². The zero-order valence-electron chi connectivity index (χ0n) is 12.1. The summed E-state index contributed by atoms with van der Waals surface area (Å²) in [5.74, 6) is 0.878. The van der Waals surface area contributed by atoms with Gasteiger partial charge in [0.15, 0.2) is 0 Å². The highest BCUT2D eigenvalue weighted by molar-refractivity contribution is 5.47. The van der Waals surface area contributed by atoms with Gasteiger partial charge in [0, 0.05) is 5.70 Å². The highest BCUT2D eigenvalue weighted by Crippen LogP contribution is 2.39. The number of hydrogen-bond donors (Lipinski definition) is 1. The Kier molecular flexibility index (Phi) is 3.22. The van der Waals surface area contributed by atoms with Crippen molar-refractivity contribution in [1.82, 2.24) is 14.8 Å². The zero-order chi connectivity index (χ0) is 14.1. The summed E-state index contributed by atoms with van der Waals surface area (Å²) in [6.45, 7) is 0. The first kappa shape index (κ1) is 12.6. The molecule has 0 spiro atoms. The van der Waals surface area contributed by atoms with Crippen molar-refractivity contribution in [3.8, 4) is 0 Å². The van der Waals surface area contributed by atoms with Crippen molar-refractivity contribution in [2.75, 3.05) is 5.32 Å². The number of allylic oxidation sites excluding steroid dienone is 2. The Bertz CT molecular complexity index is 656. The third kappa shape index (κ3) is 2.24. The van der Waals surface area contributed by atoms with E-state index in [0.717, 1.165) is 18.8 Å². The van der Waals surface area contributed by atoms with Crippen LogP contribution in [0.15, 0.2) is 47.9 Å². The van der Waals surface area contributed by atoms with E-state index in [1.54, 1.807) is 6.33 Å². The number of aromatic nitrogens is 3. The highest BCUT2D eigenvalue weighted by Gasteiger charge is 2.30. The molecule has 21 heavy (non-hydrogen) atoms. The summed E-state index contributed by atoms with van der Waals surface area (Å²) >= 11 is 0. The topological polar surface area (TPSA) is 42.7 Å². The van der Waals surface area contributed by atoms with Crippen LogP contribution in [0.5, 0.6) is 0 Å². The molecule has 1 unspecified atom stereocenters. The van der Waals surface area contributed by atoms with Crippen LogP contribution in [0.3, 0.4) is 0 Å². The Morgan fingerprint density at radius 3 is 2.67 bits per heavy atom. The molecule has 1 N–H and O–H groups in total. The lowest BCUT2D eigenvalue weighted by Gasteiger charge is -2.32. The summed E-state index contributed by atoms with van der Waals surface area (Å²) < 4.78 is 2.04. The van der Waals surface area contributed by atoms with Crippen LogP contribution in [0.1, 0.15) is 50.1 Å². The minimum Gasteiger partial charge on any atom is -0.328 e. The maximum atomic E-state index is 4.47. The molecule has 4 nitrogen and oxygen atoms in total. The first-order valence-electron chi connectivity index (χ1n) is 7.87. The van der Waals surface area contributed by atoms with Crippen LogP contribution in [-0.2, 0) is 0 Å². The second-order valence-corrected chi connectivity index (χ2v) is 5.88. The summed E-state index contributed by atoms with van der Waals surface area (Å²) in [7, 11) is 0. The lowest BCUT2D eigenvalue weighted by molar-refractivity contribution is 0.515. The van der Waals surface area contributed by atoms with Crippen molar-refractivity contribution in [3.63, 3.8) is 0 Å². The van der Waals surface area contributed by atoms with E-state index in [0.29, 0.717) is 0 Å². The van der Waals surface area contributed by atoms with Crippen molar-refractivity contribution in [3.05, 3.63) is 53.5 Å². The molecule has 4 heteroatoms. The summed E-state index contributed by atoms with van der Waals surface area (Å²) in [6.07, 6.45) is 9.14. The van der Waals surface area contributed by atoms with Crippen LogP contribution < -0.4 is 5.32 Å². The SMILES string of the molecule is c1ccc(C2C3=C(CCCCCC3)Nc3ncnn32)cc1. The second-order valence-electron chi connectivity index (χ2n) is 5.88. The normalized spacial score (nSPS) is 21.8. The van der Waals surface area contributed by atoms with E-state index in [2.05, 4.69) is 45.7 Å². The molecule has 1 aromatic heterocycles. The Morgan fingerprint density at radius 1 is 1.00 bits per heavy atom. The van der Waals surface area contributed by atoms with Gasteiger partial charge in [0.2, 0.25) is 5.95 Å². The number of benzene rings is 1. The van der Waals surface area contributed by atoms with Gasteiger partial charge < -0.3 is 5.32 Å². The predicted octanol–water partition coefficient (Wildman–Crippen LogP) is 3.90. The van der Waals surface area contributed by atoms with Gasteiger partial charge in [-0.15, -0.1) is 0 Å². The maximum Gasteiger partial charge on any atom is 0.226 e. The smallest absolute Gasteiger partial charge is 0.226 e. The van der Waals surface area contributed by atoms with E-state index in [9.17, 15) is 0 Å². The van der Waals surface area contributed by atoms with Crippen molar-refractivity contribution in [2.45, 2.75) is 44.6 Å². The molecular weight excluding hydrogens is 260 g/mol. The second kappa shape index (κ2) is 5.35. The third-order valence-corrected chi connectivity index (χ3v) is 4.54. The average Bonchev–Trinajstić information content (AvgIpc) is 2.95. The molecule has 1 aliphatic heterocycles. The van der Waals surface area contributed by atoms with Crippen LogP contribution in [0, 0.1) is 0 Å². The van der Waals surface area contributed by atoms with Crippen molar-refractivity contribution in [2.24, 2.45) is 0 Å². The molecule has 0 bridgehead atoms. The summed E-state index contributed by atoms with van der Waals surface area (Å²) in [5, 5.41) is 7.98. The lowest BCUT2D eigenvalue weighted by Crippen LogP contribution is -2.26. The van der Waals surface area contributed by atoms with Crippen molar-refractivity contribution < 1.29 is 0 Å². The molecule has 0 fully saturated rings. The van der Waals surface area contributed by atoms with Crippen molar-refractivity contribution in [1.29, 1.82) is 0 Å². The van der Waals surface area contributed by atoms with Gasteiger partial charge in [-0.3, -0.25) is 0 Å². The number of rotatable bonds is 1. The van der Waals surface area contributed by atoms with E-state index >= 15 is 0 Å². The van der Waals surface area contributed by atoms with Gasteiger partial charge in [0.25, 0.3) is 0 Å². The van der Waals surface area contributed by atoms with Gasteiger partial charge in [-0.2, -0.15) is 10.1 Å². The summed E-state index contributed by atoms with van der Waals surface area (Å²) in [6, 6.07) is 10.9. The monoisotopic (exact) mass is 280 g/mol. The molecule has 2 aromatic rings. The van der Waals surface area contributed by atoms with Gasteiger partial charge in [-0.1, -0.05) is 43.2 Å². The van der Waals surface area contributed by atoms with Gasteiger partial charge >= 0.3 is 0 Å². The first-order valence-corrected chi connectivity index (χ1v) is 7.87. The molecule has 2 aliphatic rings. The fourth-order valence-corrected chi connectivity index (χ4v) is 3.52. The molecule has 0 saturated carbocycles. The van der Waals surface area contributed by atoms with Gasteiger partial charge in [-0.05, 0) is 36.8 Å². The Hall–Kier alpha value is -2.10. The van der Waals surface area contributed by atoms with E-state index < -0.39 is 0 Å². The summed E-state index contributed by atoms with van der Waals surface area (Å²) in [4.78, 5) is 4.38. The predicted molar refractivity (Wildman–Crippen MR) is 83.0 cm³/mol. The van der Waals surface area contributed by atoms with Crippen LogP contribution in [-0.4, -0.2) is 14.8 Å². The van der Waals surface area contributed by atoms with Crippen LogP contribution >= 0.6 is 0 Å². The molecule has 0 amide bonds. The maximum absolute atomic E-state index is 4.47. The third-order valence-electron chi connectivity index (χ3n) is 4.54. The molecule has 1 aromatic carbocycles. The van der Waals surface area contributed by atoms with E-state index in [-0.39, 0.29) is 6.04 Å². The minimum atomic E-state index is 0.207. The Labute approximate surface area is 124 Å². The van der Waals surface area contributed by atoms with Crippen molar-refractivity contribution >= 4 is 5.95 Å². The van der Waals surface area contributed by atoms with Gasteiger partial charge in [0.1, 0.15) is 12.4 Å². The minimum absolute atomic E-state index is 0.207. The molecule has 2 heterocycles. The Balaban J connectivity index is 1.84. The largest absolute Gasteiger partial charge is 0.328 e. The van der Waals surface area contributed by atoms with Gasteiger partial charge in [-0.25, -0.2) is 4.68 Å². The quantitative estimate of drug-likeness (QED) is 0.861. The fraction of sp³-hybridized carbons (Fsp3) is 0.412. The molecule has 108 valence electrons. The fourth-order valence-electron chi connectivity index (χ4n) is 3.52. The molecule has 1 aliphatic carbocycles. The van der Waals surface area contributed by atoms with E-state index in [1.165, 1.54) is 42.5 Å². The first-order chi connectivity index (χ1) is 10.4.